The molecule has 108 valence electrons. The molecule has 1 aliphatic heterocycles. The molecule has 0 amide bonds. The SMILES string of the molecule is C[C@@]12CCCCC1=CC1(C[C@@H]2[Si](C)(C)C)SCCS1. The molecule has 2 atom stereocenters. The molecule has 19 heavy (non-hydrogen) atoms. The van der Waals surface area contributed by atoms with Gasteiger partial charge in [0.05, 0.1) is 4.08 Å². The lowest BCUT2D eigenvalue weighted by atomic mass is 9.65. The Labute approximate surface area is 128 Å². The molecule has 0 nitrogen and oxygen atoms in total. The smallest absolute Gasteiger partial charge is 0.0795 e. The maximum absolute atomic E-state index is 2.74. The van der Waals surface area contributed by atoms with Gasteiger partial charge >= 0.3 is 0 Å². The van der Waals surface area contributed by atoms with Crippen LogP contribution in [0.2, 0.25) is 25.2 Å². The second-order valence-corrected chi connectivity index (χ2v) is 16.5. The molecule has 0 bridgehead atoms. The summed E-state index contributed by atoms with van der Waals surface area (Å²) in [5.41, 5.74) is 3.38. The summed E-state index contributed by atoms with van der Waals surface area (Å²) < 4.78 is 0.469. The first-order chi connectivity index (χ1) is 8.86. The number of allylic oxidation sites excluding steroid dienone is 1. The second-order valence-electron chi connectivity index (χ2n) is 7.93. The highest BCUT2D eigenvalue weighted by atomic mass is 32.2. The predicted octanol–water partition coefficient (Wildman–Crippen LogP) is 5.78. The van der Waals surface area contributed by atoms with Crippen LogP contribution in [0.3, 0.4) is 0 Å². The highest BCUT2D eigenvalue weighted by Crippen LogP contribution is 2.64. The predicted molar refractivity (Wildman–Crippen MR) is 94.0 cm³/mol. The quantitative estimate of drug-likeness (QED) is 0.444. The summed E-state index contributed by atoms with van der Waals surface area (Å²) in [7, 11) is -1.10. The van der Waals surface area contributed by atoms with Gasteiger partial charge in [-0.2, -0.15) is 0 Å². The van der Waals surface area contributed by atoms with Crippen LogP contribution in [0.5, 0.6) is 0 Å². The molecule has 0 N–H and O–H groups in total. The Morgan fingerprint density at radius 3 is 2.47 bits per heavy atom. The molecule has 3 rings (SSSR count). The van der Waals surface area contributed by atoms with Crippen molar-refractivity contribution < 1.29 is 0 Å². The van der Waals surface area contributed by atoms with E-state index >= 15 is 0 Å². The van der Waals surface area contributed by atoms with E-state index < -0.39 is 8.07 Å². The van der Waals surface area contributed by atoms with E-state index in [0.29, 0.717) is 9.49 Å². The summed E-state index contributed by atoms with van der Waals surface area (Å²) in [5, 5.41) is 0. The van der Waals surface area contributed by atoms with Gasteiger partial charge in [0, 0.05) is 19.6 Å². The first-order valence-electron chi connectivity index (χ1n) is 7.86. The molecule has 0 unspecified atom stereocenters. The van der Waals surface area contributed by atoms with Crippen LogP contribution in [0.25, 0.3) is 0 Å². The normalized spacial score (nSPS) is 38.1. The van der Waals surface area contributed by atoms with Crippen LogP contribution in [0.4, 0.5) is 0 Å². The third-order valence-electron chi connectivity index (χ3n) is 5.60. The van der Waals surface area contributed by atoms with Gasteiger partial charge in [-0.1, -0.05) is 44.6 Å². The highest BCUT2D eigenvalue weighted by molar-refractivity contribution is 8.21. The van der Waals surface area contributed by atoms with Crippen LogP contribution in [0, 0.1) is 5.41 Å². The van der Waals surface area contributed by atoms with Crippen molar-refractivity contribution in [3.8, 4) is 0 Å². The maximum Gasteiger partial charge on any atom is 0.0795 e. The first-order valence-corrected chi connectivity index (χ1v) is 13.4. The lowest BCUT2D eigenvalue weighted by Gasteiger charge is -2.54. The van der Waals surface area contributed by atoms with E-state index in [1.165, 1.54) is 43.6 Å². The minimum atomic E-state index is -1.10. The van der Waals surface area contributed by atoms with E-state index in [1.807, 2.05) is 5.57 Å². The number of hydrogen-bond acceptors (Lipinski definition) is 2. The Hall–Kier alpha value is 0.657. The van der Waals surface area contributed by atoms with E-state index in [2.05, 4.69) is 56.2 Å². The zero-order valence-corrected chi connectivity index (χ0v) is 15.6. The topological polar surface area (TPSA) is 0 Å². The molecular weight excluding hydrogens is 284 g/mol. The van der Waals surface area contributed by atoms with Crippen molar-refractivity contribution in [1.29, 1.82) is 0 Å². The fraction of sp³-hybridized carbons (Fsp3) is 0.875. The molecule has 0 aromatic rings. The Balaban J connectivity index is 2.03. The summed E-state index contributed by atoms with van der Waals surface area (Å²) in [6, 6.07) is 0. The second kappa shape index (κ2) is 4.84. The summed E-state index contributed by atoms with van der Waals surface area (Å²) in [4.78, 5) is 0. The summed E-state index contributed by atoms with van der Waals surface area (Å²) in [5.74, 6) is 2.73. The number of thioether (sulfide) groups is 2. The third-order valence-corrected chi connectivity index (χ3v) is 11.9. The fourth-order valence-electron chi connectivity index (χ4n) is 4.66. The molecule has 0 radical (unpaired) electrons. The van der Waals surface area contributed by atoms with Crippen molar-refractivity contribution in [2.24, 2.45) is 5.41 Å². The average molecular weight is 313 g/mol. The van der Waals surface area contributed by atoms with Crippen LogP contribution in [-0.4, -0.2) is 23.7 Å². The van der Waals surface area contributed by atoms with Gasteiger partial charge in [0.15, 0.2) is 0 Å². The van der Waals surface area contributed by atoms with Gasteiger partial charge in [0.1, 0.15) is 0 Å². The highest BCUT2D eigenvalue weighted by Gasteiger charge is 2.53. The largest absolute Gasteiger partial charge is 0.139 e. The maximum atomic E-state index is 2.74. The Kier molecular flexibility index (Phi) is 3.72. The van der Waals surface area contributed by atoms with Gasteiger partial charge in [0.25, 0.3) is 0 Å². The number of rotatable bonds is 1. The van der Waals surface area contributed by atoms with Crippen molar-refractivity contribution in [3.63, 3.8) is 0 Å². The molecule has 3 heteroatoms. The molecular formula is C16H28S2Si. The van der Waals surface area contributed by atoms with Crippen LogP contribution < -0.4 is 0 Å². The Bertz CT molecular complexity index is 390. The van der Waals surface area contributed by atoms with Crippen LogP contribution in [0.1, 0.15) is 39.0 Å². The van der Waals surface area contributed by atoms with Gasteiger partial charge in [-0.15, -0.1) is 23.5 Å². The third kappa shape index (κ3) is 2.48. The van der Waals surface area contributed by atoms with Crippen LogP contribution >= 0.6 is 23.5 Å². The van der Waals surface area contributed by atoms with E-state index in [-0.39, 0.29) is 0 Å². The lowest BCUT2D eigenvalue weighted by Crippen LogP contribution is -2.47. The average Bonchev–Trinajstić information content (AvgIpc) is 2.76. The van der Waals surface area contributed by atoms with Crippen molar-refractivity contribution in [2.45, 2.75) is 68.3 Å². The molecule has 1 heterocycles. The van der Waals surface area contributed by atoms with Gasteiger partial charge < -0.3 is 0 Å². The molecule has 3 aliphatic rings. The van der Waals surface area contributed by atoms with Crippen LogP contribution in [0.15, 0.2) is 11.6 Å². The lowest BCUT2D eigenvalue weighted by molar-refractivity contribution is 0.255. The van der Waals surface area contributed by atoms with E-state index in [1.54, 1.807) is 0 Å². The minimum absolute atomic E-state index is 0.469. The van der Waals surface area contributed by atoms with Crippen molar-refractivity contribution >= 4 is 31.6 Å². The molecule has 2 aliphatic carbocycles. The van der Waals surface area contributed by atoms with E-state index in [9.17, 15) is 0 Å². The van der Waals surface area contributed by atoms with Crippen molar-refractivity contribution in [2.75, 3.05) is 11.5 Å². The zero-order valence-electron chi connectivity index (χ0n) is 12.9. The molecule has 1 saturated carbocycles. The standard InChI is InChI=1S/C16H28S2Si/c1-15-8-6-5-7-13(15)11-16(17-9-10-18-16)12-14(15)19(2,3)4/h11,14H,5-10,12H2,1-4H3/t14-,15+/m0/s1. The minimum Gasteiger partial charge on any atom is -0.139 e. The molecule has 2 fully saturated rings. The zero-order chi connectivity index (χ0) is 13.7. The number of fused-ring (bicyclic) bond motifs is 1. The van der Waals surface area contributed by atoms with Crippen molar-refractivity contribution in [3.05, 3.63) is 11.6 Å². The van der Waals surface area contributed by atoms with Gasteiger partial charge in [0.2, 0.25) is 0 Å². The molecule has 1 saturated heterocycles. The molecule has 0 aromatic carbocycles. The monoisotopic (exact) mass is 312 g/mol. The number of hydrogen-bond donors (Lipinski definition) is 0. The Morgan fingerprint density at radius 1 is 1.16 bits per heavy atom. The van der Waals surface area contributed by atoms with Crippen molar-refractivity contribution in [1.82, 2.24) is 0 Å². The Morgan fingerprint density at radius 2 is 1.84 bits per heavy atom. The van der Waals surface area contributed by atoms with Gasteiger partial charge in [-0.25, -0.2) is 0 Å². The first kappa shape index (κ1) is 14.6. The van der Waals surface area contributed by atoms with E-state index in [4.69, 9.17) is 0 Å². The summed E-state index contributed by atoms with van der Waals surface area (Å²) >= 11 is 4.50. The summed E-state index contributed by atoms with van der Waals surface area (Å²) in [6.07, 6.45) is 9.94. The summed E-state index contributed by atoms with van der Waals surface area (Å²) in [6.45, 7) is 10.4. The fourth-order valence-corrected chi connectivity index (χ4v) is 11.3. The van der Waals surface area contributed by atoms with Gasteiger partial charge in [-0.05, 0) is 36.6 Å². The van der Waals surface area contributed by atoms with Gasteiger partial charge in [-0.3, -0.25) is 0 Å². The van der Waals surface area contributed by atoms with E-state index in [0.717, 1.165) is 5.54 Å². The van der Waals surface area contributed by atoms with Crippen LogP contribution in [-0.2, 0) is 0 Å². The molecule has 1 spiro atoms. The molecule has 0 aromatic heterocycles.